The fraction of sp³-hybridized carbons (Fsp3) is 0.500. The van der Waals surface area contributed by atoms with Crippen LogP contribution in [0.3, 0.4) is 0 Å². The quantitative estimate of drug-likeness (QED) is 0.517. The van der Waals surface area contributed by atoms with Crippen LogP contribution < -0.4 is 25.8 Å². The highest BCUT2D eigenvalue weighted by Gasteiger charge is 2.24. The van der Waals surface area contributed by atoms with E-state index in [0.29, 0.717) is 34.3 Å². The first-order valence-electron chi connectivity index (χ1n) is 8.70. The number of nitrogens with two attached hydrogens (primary N) is 2. The summed E-state index contributed by atoms with van der Waals surface area (Å²) >= 11 is 1.17. The van der Waals surface area contributed by atoms with Crippen LogP contribution in [-0.2, 0) is 0 Å². The summed E-state index contributed by atoms with van der Waals surface area (Å²) in [6.45, 7) is 3.95. The number of rotatable bonds is 7. The van der Waals surface area contributed by atoms with E-state index in [4.69, 9.17) is 26.0 Å². The van der Waals surface area contributed by atoms with Gasteiger partial charge in [-0.2, -0.15) is 9.97 Å². The normalized spacial score (nSPS) is 14.9. The van der Waals surface area contributed by atoms with Crippen LogP contribution in [0.4, 0.5) is 17.6 Å². The lowest BCUT2D eigenvalue weighted by Gasteiger charge is -2.34. The number of hydrogen-bond donors (Lipinski definition) is 3. The summed E-state index contributed by atoms with van der Waals surface area (Å²) in [5.41, 5.74) is 11.5. The van der Waals surface area contributed by atoms with Crippen molar-refractivity contribution >= 4 is 29.3 Å². The maximum atomic E-state index is 9.08. The summed E-state index contributed by atoms with van der Waals surface area (Å²) in [5.74, 6) is 1.77. The van der Waals surface area contributed by atoms with E-state index in [1.54, 1.807) is 0 Å². The van der Waals surface area contributed by atoms with E-state index in [0.717, 1.165) is 26.2 Å². The molecule has 1 saturated heterocycles. The van der Waals surface area contributed by atoms with Gasteiger partial charge in [-0.05, 0) is 11.8 Å². The molecule has 0 aliphatic carbocycles. The molecule has 3 rings (SSSR count). The summed E-state index contributed by atoms with van der Waals surface area (Å²) in [7, 11) is 3.06. The van der Waals surface area contributed by atoms with Crippen LogP contribution in [0.2, 0.25) is 0 Å². The van der Waals surface area contributed by atoms with Gasteiger partial charge in [0.2, 0.25) is 17.7 Å². The minimum Gasteiger partial charge on any atom is -0.480 e. The molecule has 3 heterocycles. The zero-order valence-electron chi connectivity index (χ0n) is 15.8. The molecule has 5 N–H and O–H groups in total. The van der Waals surface area contributed by atoms with Crippen LogP contribution in [-0.4, -0.2) is 83.5 Å². The summed E-state index contributed by atoms with van der Waals surface area (Å²) in [6, 6.07) is 1.48. The van der Waals surface area contributed by atoms with Crippen LogP contribution in [0.15, 0.2) is 16.1 Å². The molecule has 11 nitrogen and oxygen atoms in total. The lowest BCUT2D eigenvalue weighted by atomic mass is 10.3. The smallest absolute Gasteiger partial charge is 0.236 e. The number of methoxy groups -OCH3 is 2. The Morgan fingerprint density at radius 3 is 2.07 bits per heavy atom. The monoisotopic (exact) mass is 408 g/mol. The van der Waals surface area contributed by atoms with Crippen molar-refractivity contribution in [2.45, 2.75) is 10.1 Å². The van der Waals surface area contributed by atoms with Crippen molar-refractivity contribution in [3.8, 4) is 11.8 Å². The number of piperazine rings is 1. The summed E-state index contributed by atoms with van der Waals surface area (Å²) in [5, 5.41) is 9.43. The van der Waals surface area contributed by atoms with Gasteiger partial charge in [-0.15, -0.1) is 0 Å². The Labute approximate surface area is 167 Å². The fourth-order valence-electron chi connectivity index (χ4n) is 2.82. The molecule has 0 amide bonds. The van der Waals surface area contributed by atoms with Crippen LogP contribution in [0, 0.1) is 0 Å². The van der Waals surface area contributed by atoms with Crippen molar-refractivity contribution in [3.63, 3.8) is 0 Å². The summed E-state index contributed by atoms with van der Waals surface area (Å²) in [6.07, 6.45) is 0. The predicted octanol–water partition coefficient (Wildman–Crippen LogP) is -0.286. The second kappa shape index (κ2) is 9.08. The first-order valence-corrected chi connectivity index (χ1v) is 9.51. The van der Waals surface area contributed by atoms with Gasteiger partial charge in [0.25, 0.3) is 0 Å². The molecule has 1 aliphatic rings. The Morgan fingerprint density at radius 1 is 1.00 bits per heavy atom. The first-order chi connectivity index (χ1) is 13.5. The molecule has 12 heteroatoms. The SMILES string of the molecule is COc1nc(N2CCN(CCO)CC2)nc(OC)c1Sc1nc(N)cc(N)n1. The van der Waals surface area contributed by atoms with Gasteiger partial charge in [-0.25, -0.2) is 9.97 Å². The number of aliphatic hydroxyl groups excluding tert-OH is 1. The number of aliphatic hydroxyl groups is 1. The average molecular weight is 408 g/mol. The lowest BCUT2D eigenvalue weighted by Crippen LogP contribution is -2.47. The van der Waals surface area contributed by atoms with Gasteiger partial charge in [0.05, 0.1) is 20.8 Å². The molecule has 0 atom stereocenters. The largest absolute Gasteiger partial charge is 0.480 e. The molecule has 2 aromatic heterocycles. The van der Waals surface area contributed by atoms with Crippen LogP contribution in [0.25, 0.3) is 0 Å². The van der Waals surface area contributed by atoms with E-state index >= 15 is 0 Å². The van der Waals surface area contributed by atoms with Crippen LogP contribution in [0.5, 0.6) is 11.8 Å². The molecule has 152 valence electrons. The van der Waals surface area contributed by atoms with E-state index in [1.165, 1.54) is 32.0 Å². The highest BCUT2D eigenvalue weighted by Crippen LogP contribution is 2.40. The third-order valence-corrected chi connectivity index (χ3v) is 5.11. The molecule has 28 heavy (non-hydrogen) atoms. The van der Waals surface area contributed by atoms with Crippen molar-refractivity contribution < 1.29 is 14.6 Å². The highest BCUT2D eigenvalue weighted by molar-refractivity contribution is 7.99. The van der Waals surface area contributed by atoms with Crippen molar-refractivity contribution in [2.24, 2.45) is 0 Å². The summed E-state index contributed by atoms with van der Waals surface area (Å²) in [4.78, 5) is 22.2. The average Bonchev–Trinajstić information content (AvgIpc) is 2.68. The predicted molar refractivity (Wildman–Crippen MR) is 106 cm³/mol. The number of nitrogens with zero attached hydrogens (tertiary/aromatic N) is 6. The topological polar surface area (TPSA) is 149 Å². The molecule has 0 spiro atoms. The van der Waals surface area contributed by atoms with Crippen molar-refractivity contribution in [3.05, 3.63) is 6.07 Å². The first kappa shape index (κ1) is 20.2. The van der Waals surface area contributed by atoms with E-state index in [1.807, 2.05) is 0 Å². The van der Waals surface area contributed by atoms with E-state index in [-0.39, 0.29) is 18.2 Å². The molecule has 1 aliphatic heterocycles. The van der Waals surface area contributed by atoms with Gasteiger partial charge in [0.1, 0.15) is 16.5 Å². The minimum atomic E-state index is 0.153. The zero-order chi connectivity index (χ0) is 20.1. The van der Waals surface area contributed by atoms with Gasteiger partial charge in [-0.3, -0.25) is 4.90 Å². The third kappa shape index (κ3) is 4.64. The molecule has 2 aromatic rings. The van der Waals surface area contributed by atoms with E-state index in [2.05, 4.69) is 29.7 Å². The highest BCUT2D eigenvalue weighted by atomic mass is 32.2. The van der Waals surface area contributed by atoms with Crippen LogP contribution >= 0.6 is 11.8 Å². The maximum absolute atomic E-state index is 9.08. The molecule has 0 bridgehead atoms. The van der Waals surface area contributed by atoms with Gasteiger partial charge in [-0.1, -0.05) is 0 Å². The Balaban J connectivity index is 1.86. The molecule has 0 unspecified atom stereocenters. The van der Waals surface area contributed by atoms with Crippen LogP contribution in [0.1, 0.15) is 0 Å². The Kier molecular flexibility index (Phi) is 6.54. The number of β-amino-alcohol motifs (C(OH)–C–C–N with tert-alkyl or cyclic N) is 1. The molecular formula is C16H24N8O3S. The number of ether oxygens (including phenoxy) is 2. The van der Waals surface area contributed by atoms with Crippen molar-refractivity contribution in [1.29, 1.82) is 0 Å². The van der Waals surface area contributed by atoms with Gasteiger partial charge >= 0.3 is 0 Å². The maximum Gasteiger partial charge on any atom is 0.236 e. The van der Waals surface area contributed by atoms with Gasteiger partial charge in [0.15, 0.2) is 5.16 Å². The third-order valence-electron chi connectivity index (χ3n) is 4.19. The summed E-state index contributed by atoms with van der Waals surface area (Å²) < 4.78 is 10.9. The second-order valence-electron chi connectivity index (χ2n) is 6.03. The zero-order valence-corrected chi connectivity index (χ0v) is 16.6. The van der Waals surface area contributed by atoms with Crippen molar-refractivity contribution in [1.82, 2.24) is 24.8 Å². The second-order valence-corrected chi connectivity index (χ2v) is 7.00. The Hall–Kier alpha value is -2.57. The number of aromatic nitrogens is 4. The van der Waals surface area contributed by atoms with Gasteiger partial charge in [0, 0.05) is 38.8 Å². The number of nitrogen functional groups attached to an aromatic ring is 2. The molecule has 0 aromatic carbocycles. The minimum absolute atomic E-state index is 0.153. The van der Waals surface area contributed by atoms with E-state index in [9.17, 15) is 0 Å². The molecule has 1 fully saturated rings. The standard InChI is InChI=1S/C16H24N8O3S/c1-26-13-12(28-16-19-10(17)9-11(18)20-16)14(27-2)22-15(21-13)24-5-3-23(4-6-24)7-8-25/h9,25H,3-8H2,1-2H3,(H4,17,18,19,20). The lowest BCUT2D eigenvalue weighted by molar-refractivity contribution is 0.188. The number of anilines is 3. The fourth-order valence-corrected chi connectivity index (χ4v) is 3.73. The molecular weight excluding hydrogens is 384 g/mol. The number of hydrogen-bond acceptors (Lipinski definition) is 12. The molecule has 0 radical (unpaired) electrons. The van der Waals surface area contributed by atoms with Crippen molar-refractivity contribution in [2.75, 3.05) is 69.9 Å². The Bertz CT molecular complexity index is 771. The van der Waals surface area contributed by atoms with Gasteiger partial charge < -0.3 is 30.9 Å². The van der Waals surface area contributed by atoms with E-state index < -0.39 is 0 Å². The molecule has 0 saturated carbocycles. The Morgan fingerprint density at radius 2 is 1.57 bits per heavy atom.